The zero-order valence-corrected chi connectivity index (χ0v) is 15.3. The molecule has 0 spiro atoms. The Morgan fingerprint density at radius 3 is 2.64 bits per heavy atom. The maximum Gasteiger partial charge on any atom is 0.317 e. The normalized spacial score (nSPS) is 10.6. The van der Waals surface area contributed by atoms with Crippen molar-refractivity contribution in [3.05, 3.63) is 62.8 Å². The lowest BCUT2D eigenvalue weighted by Crippen LogP contribution is -2.40. The minimum atomic E-state index is -0.158. The van der Waals surface area contributed by atoms with Crippen LogP contribution < -0.4 is 10.9 Å². The van der Waals surface area contributed by atoms with Gasteiger partial charge in [0.1, 0.15) is 5.82 Å². The van der Waals surface area contributed by atoms with E-state index in [1.54, 1.807) is 4.90 Å². The van der Waals surface area contributed by atoms with Crippen molar-refractivity contribution in [2.45, 2.75) is 40.7 Å². The molecule has 0 unspecified atom stereocenters. The molecule has 0 radical (unpaired) electrons. The lowest BCUT2D eigenvalue weighted by atomic mass is 10.0. The maximum absolute atomic E-state index is 12.5. The SMILES string of the molecule is CCNC(=O)N(CC)Cc1nc(C)c(Cc2cccc(C)c2)c(=O)[nH]1. The second kappa shape index (κ2) is 8.46. The van der Waals surface area contributed by atoms with Crippen molar-refractivity contribution in [2.75, 3.05) is 13.1 Å². The predicted molar refractivity (Wildman–Crippen MR) is 98.7 cm³/mol. The molecule has 0 atom stereocenters. The minimum absolute atomic E-state index is 0.143. The Hall–Kier alpha value is -2.63. The van der Waals surface area contributed by atoms with Crippen LogP contribution in [-0.2, 0) is 13.0 Å². The van der Waals surface area contributed by atoms with Crippen LogP contribution in [-0.4, -0.2) is 34.0 Å². The van der Waals surface area contributed by atoms with Gasteiger partial charge in [-0.05, 0) is 33.3 Å². The highest BCUT2D eigenvalue weighted by atomic mass is 16.2. The molecule has 0 aliphatic rings. The molecule has 1 aromatic heterocycles. The summed E-state index contributed by atoms with van der Waals surface area (Å²) in [5.74, 6) is 0.503. The average molecular weight is 342 g/mol. The van der Waals surface area contributed by atoms with Crippen LogP contribution in [0.5, 0.6) is 0 Å². The summed E-state index contributed by atoms with van der Waals surface area (Å²) in [4.78, 5) is 33.4. The van der Waals surface area contributed by atoms with Crippen LogP contribution in [0.15, 0.2) is 29.1 Å². The quantitative estimate of drug-likeness (QED) is 0.847. The molecule has 0 aliphatic heterocycles. The van der Waals surface area contributed by atoms with Crippen molar-refractivity contribution >= 4 is 6.03 Å². The van der Waals surface area contributed by atoms with E-state index in [0.717, 1.165) is 11.1 Å². The zero-order chi connectivity index (χ0) is 18.4. The zero-order valence-electron chi connectivity index (χ0n) is 15.3. The van der Waals surface area contributed by atoms with Crippen molar-refractivity contribution < 1.29 is 4.79 Å². The Morgan fingerprint density at radius 2 is 2.04 bits per heavy atom. The molecule has 1 aromatic carbocycles. The number of hydrogen-bond acceptors (Lipinski definition) is 3. The lowest BCUT2D eigenvalue weighted by Gasteiger charge is -2.20. The third kappa shape index (κ3) is 4.92. The third-order valence-electron chi connectivity index (χ3n) is 4.07. The summed E-state index contributed by atoms with van der Waals surface area (Å²) < 4.78 is 0. The monoisotopic (exact) mass is 342 g/mol. The molecule has 0 aliphatic carbocycles. The number of urea groups is 1. The molecule has 0 saturated carbocycles. The molecular formula is C19H26N4O2. The highest BCUT2D eigenvalue weighted by molar-refractivity contribution is 5.73. The topological polar surface area (TPSA) is 78.1 Å². The molecule has 6 nitrogen and oxygen atoms in total. The van der Waals surface area contributed by atoms with Gasteiger partial charge in [-0.25, -0.2) is 9.78 Å². The summed E-state index contributed by atoms with van der Waals surface area (Å²) in [6, 6.07) is 7.94. The summed E-state index contributed by atoms with van der Waals surface area (Å²) in [6.45, 7) is 9.02. The van der Waals surface area contributed by atoms with Gasteiger partial charge in [-0.15, -0.1) is 0 Å². The Balaban J connectivity index is 2.22. The number of amides is 2. The first-order chi connectivity index (χ1) is 11.9. The fourth-order valence-electron chi connectivity index (χ4n) is 2.75. The van der Waals surface area contributed by atoms with Gasteiger partial charge in [0.15, 0.2) is 0 Å². The first-order valence-electron chi connectivity index (χ1n) is 8.61. The molecule has 2 aromatic rings. The molecule has 134 valence electrons. The Morgan fingerprint density at radius 1 is 1.28 bits per heavy atom. The van der Waals surface area contributed by atoms with Crippen molar-refractivity contribution in [1.82, 2.24) is 20.2 Å². The smallest absolute Gasteiger partial charge is 0.317 e. The van der Waals surface area contributed by atoms with Gasteiger partial charge >= 0.3 is 6.03 Å². The lowest BCUT2D eigenvalue weighted by molar-refractivity contribution is 0.197. The van der Waals surface area contributed by atoms with Crippen LogP contribution in [0.2, 0.25) is 0 Å². The number of benzene rings is 1. The first-order valence-corrected chi connectivity index (χ1v) is 8.61. The molecule has 2 N–H and O–H groups in total. The number of carbonyl (C=O) groups excluding carboxylic acids is 1. The van der Waals surface area contributed by atoms with Gasteiger partial charge in [-0.2, -0.15) is 0 Å². The van der Waals surface area contributed by atoms with E-state index in [2.05, 4.69) is 21.4 Å². The van der Waals surface area contributed by atoms with Crippen LogP contribution in [0.25, 0.3) is 0 Å². The summed E-state index contributed by atoms with van der Waals surface area (Å²) in [6.07, 6.45) is 0.546. The Kier molecular flexibility index (Phi) is 6.33. The van der Waals surface area contributed by atoms with E-state index in [1.165, 1.54) is 0 Å². The summed E-state index contributed by atoms with van der Waals surface area (Å²) in [5.41, 5.74) is 3.47. The summed E-state index contributed by atoms with van der Waals surface area (Å²) in [7, 11) is 0. The second-order valence-electron chi connectivity index (χ2n) is 6.09. The molecular weight excluding hydrogens is 316 g/mol. The standard InChI is InChI=1S/C19H26N4O2/c1-5-20-19(25)23(6-2)12-17-21-14(4)16(18(24)22-17)11-15-9-7-8-13(3)10-15/h7-10H,5-6,11-12H2,1-4H3,(H,20,25)(H,21,22,24). The van der Waals surface area contributed by atoms with E-state index in [0.29, 0.717) is 36.6 Å². The number of H-pyrrole nitrogens is 1. The third-order valence-corrected chi connectivity index (χ3v) is 4.07. The number of carbonyl (C=O) groups is 1. The van der Waals surface area contributed by atoms with Crippen LogP contribution >= 0.6 is 0 Å². The Bertz CT molecular complexity index is 798. The summed E-state index contributed by atoms with van der Waals surface area (Å²) >= 11 is 0. The molecule has 2 amide bonds. The van der Waals surface area contributed by atoms with Crippen molar-refractivity contribution in [1.29, 1.82) is 0 Å². The predicted octanol–water partition coefficient (Wildman–Crippen LogP) is 2.53. The maximum atomic E-state index is 12.5. The van der Waals surface area contributed by atoms with E-state index >= 15 is 0 Å². The van der Waals surface area contributed by atoms with Gasteiger partial charge in [0.05, 0.1) is 6.54 Å². The molecule has 0 fully saturated rings. The number of rotatable bonds is 6. The molecule has 0 saturated heterocycles. The highest BCUT2D eigenvalue weighted by Crippen LogP contribution is 2.11. The van der Waals surface area contributed by atoms with Gasteiger partial charge in [0.2, 0.25) is 0 Å². The highest BCUT2D eigenvalue weighted by Gasteiger charge is 2.15. The first kappa shape index (κ1) is 18.7. The molecule has 1 heterocycles. The average Bonchev–Trinajstić information content (AvgIpc) is 2.56. The summed E-state index contributed by atoms with van der Waals surface area (Å²) in [5, 5.41) is 2.76. The minimum Gasteiger partial charge on any atom is -0.338 e. The van der Waals surface area contributed by atoms with Gasteiger partial charge < -0.3 is 15.2 Å². The molecule has 2 rings (SSSR count). The number of aryl methyl sites for hydroxylation is 2. The molecule has 25 heavy (non-hydrogen) atoms. The number of nitrogens with zero attached hydrogens (tertiary/aromatic N) is 2. The van der Waals surface area contributed by atoms with E-state index in [4.69, 9.17) is 0 Å². The second-order valence-corrected chi connectivity index (χ2v) is 6.09. The van der Waals surface area contributed by atoms with Crippen molar-refractivity contribution in [3.8, 4) is 0 Å². The number of hydrogen-bond donors (Lipinski definition) is 2. The van der Waals surface area contributed by atoms with E-state index < -0.39 is 0 Å². The van der Waals surface area contributed by atoms with Crippen LogP contribution in [0.3, 0.4) is 0 Å². The number of nitrogens with one attached hydrogen (secondary N) is 2. The van der Waals surface area contributed by atoms with Gasteiger partial charge in [-0.1, -0.05) is 29.8 Å². The molecule has 6 heteroatoms. The van der Waals surface area contributed by atoms with Gasteiger partial charge in [0.25, 0.3) is 5.56 Å². The number of aromatic nitrogens is 2. The van der Waals surface area contributed by atoms with E-state index in [1.807, 2.05) is 45.9 Å². The van der Waals surface area contributed by atoms with Gasteiger partial charge in [0, 0.05) is 30.8 Å². The van der Waals surface area contributed by atoms with Crippen LogP contribution in [0, 0.1) is 13.8 Å². The van der Waals surface area contributed by atoms with Gasteiger partial charge in [-0.3, -0.25) is 4.79 Å². The van der Waals surface area contributed by atoms with Crippen LogP contribution in [0.1, 0.15) is 42.1 Å². The largest absolute Gasteiger partial charge is 0.338 e. The molecule has 0 bridgehead atoms. The van der Waals surface area contributed by atoms with Crippen molar-refractivity contribution in [2.24, 2.45) is 0 Å². The fraction of sp³-hybridized carbons (Fsp3) is 0.421. The van der Waals surface area contributed by atoms with Crippen LogP contribution in [0.4, 0.5) is 4.79 Å². The number of aromatic amines is 1. The van der Waals surface area contributed by atoms with E-state index in [9.17, 15) is 9.59 Å². The Labute approximate surface area is 148 Å². The van der Waals surface area contributed by atoms with Crippen molar-refractivity contribution in [3.63, 3.8) is 0 Å². The fourth-order valence-corrected chi connectivity index (χ4v) is 2.75. The van der Waals surface area contributed by atoms with E-state index in [-0.39, 0.29) is 18.1 Å².